The second-order valence-corrected chi connectivity index (χ2v) is 7.50. The van der Waals surface area contributed by atoms with E-state index in [1.807, 2.05) is 0 Å². The zero-order valence-corrected chi connectivity index (χ0v) is 12.3. The van der Waals surface area contributed by atoms with Gasteiger partial charge in [-0.15, -0.1) is 0 Å². The Bertz CT molecular complexity index is 343. The van der Waals surface area contributed by atoms with Crippen molar-refractivity contribution in [2.45, 2.75) is 19.4 Å². The lowest BCUT2D eigenvalue weighted by atomic mass is 10.1. The largest absolute Gasteiger partial charge is 0.389 e. The summed E-state index contributed by atoms with van der Waals surface area (Å²) in [4.78, 5) is 2.10. The minimum atomic E-state index is -3.13. The Balaban J connectivity index is 2.44. The van der Waals surface area contributed by atoms with E-state index in [1.165, 1.54) is 0 Å². The molecular weight excluding hydrogens is 254 g/mol. The van der Waals surface area contributed by atoms with Crippen LogP contribution < -0.4 is 5.32 Å². The molecule has 1 heterocycles. The van der Waals surface area contributed by atoms with E-state index >= 15 is 0 Å². The van der Waals surface area contributed by atoms with Gasteiger partial charge in [-0.1, -0.05) is 0 Å². The summed E-state index contributed by atoms with van der Waals surface area (Å²) in [5, 5.41) is 12.6. The number of β-amino-alcohol motifs (C(OH)–C–C–N with tert-alkyl or cyclic N) is 1. The maximum atomic E-state index is 12.0. The average molecular weight is 279 g/mol. The summed E-state index contributed by atoms with van der Waals surface area (Å²) in [6.07, 6.45) is 0. The van der Waals surface area contributed by atoms with Gasteiger partial charge in [0, 0.05) is 39.3 Å². The maximum Gasteiger partial charge on any atom is 0.215 e. The lowest BCUT2D eigenvalue weighted by Gasteiger charge is -2.36. The molecule has 0 saturated carbocycles. The average Bonchev–Trinajstić information content (AvgIpc) is 2.25. The molecule has 18 heavy (non-hydrogen) atoms. The normalized spacial score (nSPS) is 20.2. The summed E-state index contributed by atoms with van der Waals surface area (Å²) < 4.78 is 25.5. The predicted molar refractivity (Wildman–Crippen MR) is 72.0 cm³/mol. The summed E-state index contributed by atoms with van der Waals surface area (Å²) in [5.74, 6) is 0.148. The van der Waals surface area contributed by atoms with Crippen molar-refractivity contribution in [1.29, 1.82) is 0 Å². The molecule has 0 aromatic carbocycles. The Labute approximate surface area is 110 Å². The second-order valence-electron chi connectivity index (χ2n) is 5.41. The van der Waals surface area contributed by atoms with Gasteiger partial charge >= 0.3 is 0 Å². The van der Waals surface area contributed by atoms with Crippen molar-refractivity contribution in [1.82, 2.24) is 14.5 Å². The van der Waals surface area contributed by atoms with E-state index in [0.29, 0.717) is 39.3 Å². The van der Waals surface area contributed by atoms with Crippen LogP contribution in [0, 0.1) is 0 Å². The van der Waals surface area contributed by atoms with Crippen LogP contribution in [-0.2, 0) is 10.0 Å². The molecule has 1 aliphatic rings. The van der Waals surface area contributed by atoms with Crippen LogP contribution in [0.1, 0.15) is 13.8 Å². The third-order valence-electron chi connectivity index (χ3n) is 2.95. The van der Waals surface area contributed by atoms with Crippen molar-refractivity contribution in [2.75, 3.05) is 52.1 Å². The Morgan fingerprint density at radius 1 is 1.22 bits per heavy atom. The number of piperazine rings is 1. The highest BCUT2D eigenvalue weighted by molar-refractivity contribution is 7.89. The van der Waals surface area contributed by atoms with Crippen LogP contribution in [0.15, 0.2) is 0 Å². The van der Waals surface area contributed by atoms with Crippen LogP contribution >= 0.6 is 0 Å². The number of sulfonamides is 1. The van der Waals surface area contributed by atoms with Gasteiger partial charge in [0.1, 0.15) is 0 Å². The van der Waals surface area contributed by atoms with E-state index in [1.54, 1.807) is 25.2 Å². The molecule has 1 saturated heterocycles. The molecule has 1 fully saturated rings. The first kappa shape index (κ1) is 15.8. The Morgan fingerprint density at radius 3 is 2.22 bits per heavy atom. The zero-order chi connectivity index (χ0) is 13.8. The molecule has 0 aliphatic carbocycles. The van der Waals surface area contributed by atoms with Gasteiger partial charge in [-0.05, 0) is 20.9 Å². The standard InChI is InChI=1S/C11H25N3O3S/c1-11(2,15)10-13-5-7-14(8-6-13)18(16,17)9-4-12-3/h12,15H,4-10H2,1-3H3. The Kier molecular flexibility index (Phi) is 5.54. The third kappa shape index (κ3) is 5.19. The number of nitrogens with one attached hydrogen (secondary N) is 1. The number of hydrogen-bond donors (Lipinski definition) is 2. The highest BCUT2D eigenvalue weighted by Gasteiger charge is 2.28. The number of hydrogen-bond acceptors (Lipinski definition) is 5. The fourth-order valence-electron chi connectivity index (χ4n) is 2.07. The molecule has 0 aromatic rings. The van der Waals surface area contributed by atoms with Crippen LogP contribution in [0.3, 0.4) is 0 Å². The quantitative estimate of drug-likeness (QED) is 0.647. The molecule has 0 unspecified atom stereocenters. The summed E-state index contributed by atoms with van der Waals surface area (Å²) in [6, 6.07) is 0. The fourth-order valence-corrected chi connectivity index (χ4v) is 3.51. The highest BCUT2D eigenvalue weighted by Crippen LogP contribution is 2.11. The minimum absolute atomic E-state index is 0.148. The van der Waals surface area contributed by atoms with Crippen LogP contribution in [0.4, 0.5) is 0 Å². The molecule has 0 aromatic heterocycles. The number of nitrogens with zero attached hydrogens (tertiary/aromatic N) is 2. The van der Waals surface area contributed by atoms with Crippen molar-refractivity contribution in [3.8, 4) is 0 Å². The molecule has 0 bridgehead atoms. The van der Waals surface area contributed by atoms with E-state index in [0.717, 1.165) is 0 Å². The molecule has 2 N–H and O–H groups in total. The molecule has 0 amide bonds. The first-order valence-electron chi connectivity index (χ1n) is 6.32. The van der Waals surface area contributed by atoms with Gasteiger partial charge in [0.05, 0.1) is 11.4 Å². The van der Waals surface area contributed by atoms with E-state index in [-0.39, 0.29) is 5.75 Å². The summed E-state index contributed by atoms with van der Waals surface area (Å²) in [5.41, 5.74) is -0.729. The first-order chi connectivity index (χ1) is 8.24. The zero-order valence-electron chi connectivity index (χ0n) is 11.5. The molecule has 1 rings (SSSR count). The van der Waals surface area contributed by atoms with Crippen LogP contribution in [0.5, 0.6) is 0 Å². The van der Waals surface area contributed by atoms with Gasteiger partial charge in [0.15, 0.2) is 0 Å². The first-order valence-corrected chi connectivity index (χ1v) is 7.93. The lowest BCUT2D eigenvalue weighted by molar-refractivity contribution is 0.0263. The van der Waals surface area contributed by atoms with Gasteiger partial charge in [-0.3, -0.25) is 4.90 Å². The van der Waals surface area contributed by atoms with Gasteiger partial charge in [-0.25, -0.2) is 8.42 Å². The highest BCUT2D eigenvalue weighted by atomic mass is 32.2. The molecule has 0 atom stereocenters. The van der Waals surface area contributed by atoms with Crippen molar-refractivity contribution in [2.24, 2.45) is 0 Å². The van der Waals surface area contributed by atoms with Gasteiger partial charge in [0.25, 0.3) is 0 Å². The van der Waals surface area contributed by atoms with Crippen molar-refractivity contribution < 1.29 is 13.5 Å². The maximum absolute atomic E-state index is 12.0. The summed E-state index contributed by atoms with van der Waals surface area (Å²) >= 11 is 0. The van der Waals surface area contributed by atoms with Gasteiger partial charge in [-0.2, -0.15) is 4.31 Å². The smallest absolute Gasteiger partial charge is 0.215 e. The summed E-state index contributed by atoms with van der Waals surface area (Å²) in [6.45, 7) is 6.99. The van der Waals surface area contributed by atoms with E-state index in [2.05, 4.69) is 10.2 Å². The van der Waals surface area contributed by atoms with Crippen LogP contribution in [0.25, 0.3) is 0 Å². The topological polar surface area (TPSA) is 72.9 Å². The lowest BCUT2D eigenvalue weighted by Crippen LogP contribution is -2.52. The van der Waals surface area contributed by atoms with Gasteiger partial charge < -0.3 is 10.4 Å². The molecule has 108 valence electrons. The predicted octanol–water partition coefficient (Wildman–Crippen LogP) is -1.08. The molecule has 0 spiro atoms. The minimum Gasteiger partial charge on any atom is -0.389 e. The molecule has 0 radical (unpaired) electrons. The van der Waals surface area contributed by atoms with Crippen LogP contribution in [0.2, 0.25) is 0 Å². The molecule has 1 aliphatic heterocycles. The Morgan fingerprint density at radius 2 is 1.78 bits per heavy atom. The molecule has 6 nitrogen and oxygen atoms in total. The van der Waals surface area contributed by atoms with Crippen LogP contribution in [-0.4, -0.2) is 80.4 Å². The number of aliphatic hydroxyl groups is 1. The van der Waals surface area contributed by atoms with Gasteiger partial charge in [0.2, 0.25) is 10.0 Å². The van der Waals surface area contributed by atoms with E-state index in [9.17, 15) is 13.5 Å². The summed E-state index contributed by atoms with van der Waals surface area (Å²) in [7, 11) is -1.38. The van der Waals surface area contributed by atoms with Crippen molar-refractivity contribution in [3.63, 3.8) is 0 Å². The fraction of sp³-hybridized carbons (Fsp3) is 1.00. The van der Waals surface area contributed by atoms with E-state index in [4.69, 9.17) is 0 Å². The molecular formula is C11H25N3O3S. The van der Waals surface area contributed by atoms with E-state index < -0.39 is 15.6 Å². The third-order valence-corrected chi connectivity index (χ3v) is 4.82. The monoisotopic (exact) mass is 279 g/mol. The van der Waals surface area contributed by atoms with Crippen molar-refractivity contribution >= 4 is 10.0 Å². The Hall–Kier alpha value is -0.210. The van der Waals surface area contributed by atoms with Crippen molar-refractivity contribution in [3.05, 3.63) is 0 Å². The number of rotatable bonds is 6. The SMILES string of the molecule is CNCCS(=O)(=O)N1CCN(CC(C)(C)O)CC1. The second kappa shape index (κ2) is 6.29. The molecule has 7 heteroatoms.